The van der Waals surface area contributed by atoms with Crippen LogP contribution in [0.4, 0.5) is 0 Å². The SMILES string of the molecule is O=C([C@@H]1Cc2ccccc2S1)N1CC=C(c2c[nH]c3ccccc23)CC1. The van der Waals surface area contributed by atoms with Crippen molar-refractivity contribution in [2.45, 2.75) is 23.0 Å². The minimum atomic E-state index is 0.0374. The number of hydrogen-bond donors (Lipinski definition) is 1. The summed E-state index contributed by atoms with van der Waals surface area (Å²) in [7, 11) is 0. The van der Waals surface area contributed by atoms with Crippen molar-refractivity contribution in [3.8, 4) is 0 Å². The number of rotatable bonds is 2. The highest BCUT2D eigenvalue weighted by molar-refractivity contribution is 8.01. The third-order valence-electron chi connectivity index (χ3n) is 5.38. The summed E-state index contributed by atoms with van der Waals surface area (Å²) in [5, 5.41) is 1.30. The lowest BCUT2D eigenvalue weighted by Gasteiger charge is -2.28. The van der Waals surface area contributed by atoms with Gasteiger partial charge in [0.25, 0.3) is 0 Å². The van der Waals surface area contributed by atoms with Crippen LogP contribution in [-0.4, -0.2) is 34.1 Å². The smallest absolute Gasteiger partial charge is 0.236 e. The average molecular weight is 360 g/mol. The largest absolute Gasteiger partial charge is 0.361 e. The number of amides is 1. The van der Waals surface area contributed by atoms with Gasteiger partial charge in [0.2, 0.25) is 5.91 Å². The van der Waals surface area contributed by atoms with Gasteiger partial charge in [0, 0.05) is 40.6 Å². The Hall–Kier alpha value is -2.46. The van der Waals surface area contributed by atoms with Gasteiger partial charge in [0.05, 0.1) is 5.25 Å². The molecule has 3 heterocycles. The van der Waals surface area contributed by atoms with Gasteiger partial charge in [-0.1, -0.05) is 42.5 Å². The predicted molar refractivity (Wildman–Crippen MR) is 107 cm³/mol. The molecule has 1 aromatic heterocycles. The van der Waals surface area contributed by atoms with Gasteiger partial charge in [-0.25, -0.2) is 0 Å². The maximum Gasteiger partial charge on any atom is 0.236 e. The van der Waals surface area contributed by atoms with E-state index in [0.717, 1.165) is 19.4 Å². The molecule has 0 radical (unpaired) electrons. The molecule has 3 aromatic rings. The van der Waals surface area contributed by atoms with Crippen molar-refractivity contribution < 1.29 is 4.79 Å². The molecule has 0 spiro atoms. The molecule has 0 saturated carbocycles. The molecule has 0 fully saturated rings. The van der Waals surface area contributed by atoms with E-state index in [1.807, 2.05) is 4.90 Å². The third kappa shape index (κ3) is 2.65. The second kappa shape index (κ2) is 6.36. The number of fused-ring (bicyclic) bond motifs is 2. The number of carbonyl (C=O) groups is 1. The quantitative estimate of drug-likeness (QED) is 0.730. The molecule has 4 heteroatoms. The number of carbonyl (C=O) groups excluding carboxylic acids is 1. The summed E-state index contributed by atoms with van der Waals surface area (Å²) in [6, 6.07) is 16.8. The number of thioether (sulfide) groups is 1. The van der Waals surface area contributed by atoms with Crippen LogP contribution in [-0.2, 0) is 11.2 Å². The first-order valence-electron chi connectivity index (χ1n) is 9.08. The zero-order valence-electron chi connectivity index (χ0n) is 14.4. The monoisotopic (exact) mass is 360 g/mol. The highest BCUT2D eigenvalue weighted by Gasteiger charge is 2.32. The molecule has 3 nitrogen and oxygen atoms in total. The van der Waals surface area contributed by atoms with Gasteiger partial charge < -0.3 is 9.88 Å². The fourth-order valence-electron chi connectivity index (χ4n) is 3.97. The maximum atomic E-state index is 12.9. The Labute approximate surface area is 157 Å². The highest BCUT2D eigenvalue weighted by Crippen LogP contribution is 2.38. The van der Waals surface area contributed by atoms with Gasteiger partial charge in [-0.15, -0.1) is 11.8 Å². The first-order valence-corrected chi connectivity index (χ1v) is 9.96. The standard InChI is InChI=1S/C22H20N2OS/c25-22(21-13-16-5-1-4-8-20(16)26-21)24-11-9-15(10-12-24)18-14-23-19-7-3-2-6-17(18)19/h1-9,14,21,23H,10-13H2/t21-/m0/s1. The number of para-hydroxylation sites is 1. The fraction of sp³-hybridized carbons (Fsp3) is 0.227. The molecule has 1 N–H and O–H groups in total. The van der Waals surface area contributed by atoms with E-state index in [9.17, 15) is 4.79 Å². The molecule has 0 bridgehead atoms. The number of nitrogens with one attached hydrogen (secondary N) is 1. The van der Waals surface area contributed by atoms with Crippen LogP contribution < -0.4 is 0 Å². The van der Waals surface area contributed by atoms with Crippen molar-refractivity contribution in [1.29, 1.82) is 0 Å². The van der Waals surface area contributed by atoms with E-state index in [4.69, 9.17) is 0 Å². The van der Waals surface area contributed by atoms with Crippen LogP contribution in [0.2, 0.25) is 0 Å². The van der Waals surface area contributed by atoms with Gasteiger partial charge in [-0.05, 0) is 36.1 Å². The van der Waals surface area contributed by atoms with E-state index in [-0.39, 0.29) is 11.2 Å². The van der Waals surface area contributed by atoms with Crippen molar-refractivity contribution in [3.05, 3.63) is 71.9 Å². The lowest BCUT2D eigenvalue weighted by molar-refractivity contribution is -0.130. The minimum Gasteiger partial charge on any atom is -0.361 e. The molecule has 1 atom stereocenters. The van der Waals surface area contributed by atoms with Crippen molar-refractivity contribution >= 4 is 34.1 Å². The Bertz CT molecular complexity index is 995. The summed E-state index contributed by atoms with van der Waals surface area (Å²) >= 11 is 1.72. The van der Waals surface area contributed by atoms with Crippen molar-refractivity contribution in [1.82, 2.24) is 9.88 Å². The zero-order valence-corrected chi connectivity index (χ0v) is 15.3. The molecular weight excluding hydrogens is 340 g/mol. The molecule has 1 amide bonds. The number of nitrogens with zero attached hydrogens (tertiary/aromatic N) is 1. The molecule has 0 unspecified atom stereocenters. The summed E-state index contributed by atoms with van der Waals surface area (Å²) in [5.41, 5.74) is 5.09. The normalized spacial score (nSPS) is 19.5. The van der Waals surface area contributed by atoms with Crippen molar-refractivity contribution in [2.75, 3.05) is 13.1 Å². The summed E-state index contributed by atoms with van der Waals surface area (Å²) in [4.78, 5) is 19.6. The van der Waals surface area contributed by atoms with Crippen LogP contribution >= 0.6 is 11.8 Å². The Morgan fingerprint density at radius 2 is 1.96 bits per heavy atom. The molecule has 2 aromatic carbocycles. The Morgan fingerprint density at radius 1 is 1.12 bits per heavy atom. The maximum absolute atomic E-state index is 12.9. The fourth-order valence-corrected chi connectivity index (χ4v) is 5.25. The molecule has 0 saturated heterocycles. The van der Waals surface area contributed by atoms with Crippen LogP contribution in [0.15, 0.2) is 65.7 Å². The van der Waals surface area contributed by atoms with Crippen molar-refractivity contribution in [2.24, 2.45) is 0 Å². The molecule has 130 valence electrons. The summed E-state index contributed by atoms with van der Waals surface area (Å²) in [5.74, 6) is 0.278. The Morgan fingerprint density at radius 3 is 2.81 bits per heavy atom. The number of aromatic amines is 1. The van der Waals surface area contributed by atoms with Crippen molar-refractivity contribution in [3.63, 3.8) is 0 Å². The van der Waals surface area contributed by atoms with E-state index >= 15 is 0 Å². The van der Waals surface area contributed by atoms with Gasteiger partial charge in [-0.2, -0.15) is 0 Å². The third-order valence-corrected chi connectivity index (χ3v) is 6.68. The van der Waals surface area contributed by atoms with E-state index in [1.54, 1.807) is 11.8 Å². The Kier molecular flexibility index (Phi) is 3.86. The number of H-pyrrole nitrogens is 1. The number of benzene rings is 2. The Balaban J connectivity index is 1.32. The lowest BCUT2D eigenvalue weighted by Crippen LogP contribution is -2.40. The van der Waals surface area contributed by atoms with Crippen LogP contribution in [0.25, 0.3) is 16.5 Å². The minimum absolute atomic E-state index is 0.0374. The highest BCUT2D eigenvalue weighted by atomic mass is 32.2. The summed E-state index contributed by atoms with van der Waals surface area (Å²) in [6.45, 7) is 1.51. The van der Waals surface area contributed by atoms with Gasteiger partial charge in [0.1, 0.15) is 0 Å². The van der Waals surface area contributed by atoms with E-state index < -0.39 is 0 Å². The number of hydrogen-bond acceptors (Lipinski definition) is 2. The molecule has 5 rings (SSSR count). The second-order valence-corrected chi connectivity index (χ2v) is 8.17. The van der Waals surface area contributed by atoms with E-state index in [2.05, 4.69) is 65.8 Å². The van der Waals surface area contributed by atoms with Crippen LogP contribution in [0.3, 0.4) is 0 Å². The first kappa shape index (κ1) is 15.8. The molecule has 26 heavy (non-hydrogen) atoms. The summed E-state index contributed by atoms with van der Waals surface area (Å²) in [6.07, 6.45) is 6.09. The van der Waals surface area contributed by atoms with Crippen LogP contribution in [0.5, 0.6) is 0 Å². The van der Waals surface area contributed by atoms with Gasteiger partial charge in [-0.3, -0.25) is 4.79 Å². The predicted octanol–water partition coefficient (Wildman–Crippen LogP) is 4.50. The van der Waals surface area contributed by atoms with E-state index in [1.165, 1.54) is 32.5 Å². The molecule has 2 aliphatic rings. The van der Waals surface area contributed by atoms with Crippen LogP contribution in [0, 0.1) is 0 Å². The molecule has 2 aliphatic heterocycles. The molecule has 0 aliphatic carbocycles. The number of aromatic nitrogens is 1. The van der Waals surface area contributed by atoms with Gasteiger partial charge in [0.15, 0.2) is 0 Å². The lowest BCUT2D eigenvalue weighted by atomic mass is 9.98. The topological polar surface area (TPSA) is 36.1 Å². The molecular formula is C22H20N2OS. The van der Waals surface area contributed by atoms with Gasteiger partial charge >= 0.3 is 0 Å². The van der Waals surface area contributed by atoms with Crippen LogP contribution in [0.1, 0.15) is 17.5 Å². The van der Waals surface area contributed by atoms with E-state index in [0.29, 0.717) is 6.54 Å². The average Bonchev–Trinajstić information content (AvgIpc) is 3.32. The summed E-state index contributed by atoms with van der Waals surface area (Å²) < 4.78 is 0. The zero-order chi connectivity index (χ0) is 17.5. The second-order valence-electron chi connectivity index (χ2n) is 6.93. The first-order chi connectivity index (χ1) is 12.8.